The Morgan fingerprint density at radius 3 is 2.75 bits per heavy atom. The predicted molar refractivity (Wildman–Crippen MR) is 68.6 cm³/mol. The molecular weight excluding hydrogens is 266 g/mol. The highest BCUT2D eigenvalue weighted by Gasteiger charge is 2.37. The van der Waals surface area contributed by atoms with E-state index in [-0.39, 0.29) is 5.91 Å². The van der Waals surface area contributed by atoms with Gasteiger partial charge in [-0.25, -0.2) is 0 Å². The van der Waals surface area contributed by atoms with Gasteiger partial charge in [-0.1, -0.05) is 28.9 Å². The minimum Gasteiger partial charge on any atom is -0.351 e. The molecular formula is C13H16BrNO. The molecule has 0 heterocycles. The average molecular weight is 282 g/mol. The van der Waals surface area contributed by atoms with E-state index in [2.05, 4.69) is 28.2 Å². The number of benzene rings is 1. The van der Waals surface area contributed by atoms with Crippen molar-refractivity contribution in [2.24, 2.45) is 5.41 Å². The van der Waals surface area contributed by atoms with Gasteiger partial charge in [0.2, 0.25) is 0 Å². The van der Waals surface area contributed by atoms with Crippen molar-refractivity contribution in [2.45, 2.75) is 26.7 Å². The number of carbonyl (C=O) groups is 1. The fourth-order valence-corrected chi connectivity index (χ4v) is 1.90. The lowest BCUT2D eigenvalue weighted by atomic mass is 10.1. The number of amides is 1. The molecule has 0 aromatic heterocycles. The van der Waals surface area contributed by atoms with E-state index in [1.807, 2.05) is 25.1 Å². The fourth-order valence-electron chi connectivity index (χ4n) is 1.52. The van der Waals surface area contributed by atoms with Crippen molar-refractivity contribution in [1.82, 2.24) is 5.32 Å². The zero-order valence-electron chi connectivity index (χ0n) is 9.64. The fraction of sp³-hybridized carbons (Fsp3) is 0.462. The maximum atomic E-state index is 11.9. The second kappa shape index (κ2) is 4.21. The predicted octanol–water partition coefficient (Wildman–Crippen LogP) is 3.29. The quantitative estimate of drug-likeness (QED) is 0.905. The highest BCUT2D eigenvalue weighted by molar-refractivity contribution is 9.10. The van der Waals surface area contributed by atoms with Crippen molar-refractivity contribution in [3.8, 4) is 0 Å². The molecule has 1 fully saturated rings. The van der Waals surface area contributed by atoms with Crippen molar-refractivity contribution in [3.05, 3.63) is 33.8 Å². The topological polar surface area (TPSA) is 29.1 Å². The minimum absolute atomic E-state index is 0.0221. The molecule has 0 unspecified atom stereocenters. The largest absolute Gasteiger partial charge is 0.351 e. The molecule has 0 bridgehead atoms. The molecule has 0 spiro atoms. The molecule has 86 valence electrons. The third-order valence-corrected chi connectivity index (χ3v) is 4.07. The third kappa shape index (κ3) is 2.64. The van der Waals surface area contributed by atoms with E-state index in [0.717, 1.165) is 22.1 Å². The normalized spacial score (nSPS) is 16.9. The summed E-state index contributed by atoms with van der Waals surface area (Å²) in [7, 11) is 0. The Hall–Kier alpha value is -0.830. The van der Waals surface area contributed by atoms with Crippen LogP contribution < -0.4 is 5.32 Å². The van der Waals surface area contributed by atoms with Gasteiger partial charge in [-0.3, -0.25) is 4.79 Å². The zero-order valence-corrected chi connectivity index (χ0v) is 11.2. The van der Waals surface area contributed by atoms with Crippen LogP contribution in [0.2, 0.25) is 0 Å². The molecule has 1 aromatic carbocycles. The summed E-state index contributed by atoms with van der Waals surface area (Å²) in [4.78, 5) is 11.9. The number of nitrogens with one attached hydrogen (secondary N) is 1. The van der Waals surface area contributed by atoms with E-state index in [0.29, 0.717) is 5.41 Å². The lowest BCUT2D eigenvalue weighted by Crippen LogP contribution is -2.28. The Labute approximate surface area is 105 Å². The number of hydrogen-bond acceptors (Lipinski definition) is 1. The first-order chi connectivity index (χ1) is 7.50. The third-order valence-electron chi connectivity index (χ3n) is 3.21. The summed E-state index contributed by atoms with van der Waals surface area (Å²) >= 11 is 3.44. The summed E-state index contributed by atoms with van der Waals surface area (Å²) in [5.74, 6) is 0.0221. The standard InChI is InChI=1S/C13H16BrNO/c1-9-3-4-10(7-11(9)14)12(16)15-8-13(2)5-6-13/h3-4,7H,5-6,8H2,1-2H3,(H,15,16). The second-order valence-electron chi connectivity index (χ2n) is 4.96. The van der Waals surface area contributed by atoms with Gasteiger partial charge in [0.05, 0.1) is 0 Å². The smallest absolute Gasteiger partial charge is 0.251 e. The van der Waals surface area contributed by atoms with Gasteiger partial charge in [0.25, 0.3) is 5.91 Å². The van der Waals surface area contributed by atoms with Crippen LogP contribution in [0.15, 0.2) is 22.7 Å². The molecule has 3 heteroatoms. The highest BCUT2D eigenvalue weighted by Crippen LogP contribution is 2.44. The van der Waals surface area contributed by atoms with Crippen molar-refractivity contribution >= 4 is 21.8 Å². The van der Waals surface area contributed by atoms with Crippen LogP contribution >= 0.6 is 15.9 Å². The number of carbonyl (C=O) groups excluding carboxylic acids is 1. The van der Waals surface area contributed by atoms with Gasteiger partial charge in [-0.15, -0.1) is 0 Å². The van der Waals surface area contributed by atoms with Crippen LogP contribution in [-0.4, -0.2) is 12.5 Å². The van der Waals surface area contributed by atoms with Gasteiger partial charge in [-0.05, 0) is 42.9 Å². The van der Waals surface area contributed by atoms with Crippen molar-refractivity contribution in [1.29, 1.82) is 0 Å². The van der Waals surface area contributed by atoms with Gasteiger partial charge in [0.1, 0.15) is 0 Å². The Bertz CT molecular complexity index is 424. The number of hydrogen-bond donors (Lipinski definition) is 1. The van der Waals surface area contributed by atoms with Crippen molar-refractivity contribution in [2.75, 3.05) is 6.54 Å². The van der Waals surface area contributed by atoms with E-state index in [4.69, 9.17) is 0 Å². The van der Waals surface area contributed by atoms with Crippen molar-refractivity contribution < 1.29 is 4.79 Å². The molecule has 0 atom stereocenters. The number of halogens is 1. The highest BCUT2D eigenvalue weighted by atomic mass is 79.9. The van der Waals surface area contributed by atoms with Gasteiger partial charge in [0, 0.05) is 16.6 Å². The van der Waals surface area contributed by atoms with Crippen LogP contribution in [0.5, 0.6) is 0 Å². The molecule has 0 radical (unpaired) electrons. The molecule has 1 aliphatic rings. The van der Waals surface area contributed by atoms with Crippen LogP contribution in [0.3, 0.4) is 0 Å². The molecule has 2 nitrogen and oxygen atoms in total. The van der Waals surface area contributed by atoms with Crippen LogP contribution in [0.25, 0.3) is 0 Å². The minimum atomic E-state index is 0.0221. The first kappa shape index (κ1) is 11.6. The van der Waals surface area contributed by atoms with E-state index < -0.39 is 0 Å². The van der Waals surface area contributed by atoms with Gasteiger partial charge >= 0.3 is 0 Å². The second-order valence-corrected chi connectivity index (χ2v) is 5.81. The lowest BCUT2D eigenvalue weighted by molar-refractivity contribution is 0.0946. The number of rotatable bonds is 3. The maximum absolute atomic E-state index is 11.9. The first-order valence-corrected chi connectivity index (χ1v) is 6.34. The molecule has 2 rings (SSSR count). The van der Waals surface area contributed by atoms with Gasteiger partial charge in [-0.2, -0.15) is 0 Å². The summed E-state index contributed by atoms with van der Waals surface area (Å²) < 4.78 is 0.984. The lowest BCUT2D eigenvalue weighted by Gasteiger charge is -2.10. The van der Waals surface area contributed by atoms with Crippen LogP contribution in [0, 0.1) is 12.3 Å². The molecule has 1 aliphatic carbocycles. The van der Waals surface area contributed by atoms with Gasteiger partial charge < -0.3 is 5.32 Å². The average Bonchev–Trinajstić information content (AvgIpc) is 2.98. The summed E-state index contributed by atoms with van der Waals surface area (Å²) in [5.41, 5.74) is 2.23. The molecule has 0 saturated heterocycles. The monoisotopic (exact) mass is 281 g/mol. The molecule has 1 amide bonds. The van der Waals surface area contributed by atoms with E-state index in [1.54, 1.807) is 0 Å². The van der Waals surface area contributed by atoms with Crippen LogP contribution in [0.1, 0.15) is 35.7 Å². The molecule has 1 aromatic rings. The van der Waals surface area contributed by atoms with Crippen LogP contribution in [-0.2, 0) is 0 Å². The van der Waals surface area contributed by atoms with Crippen molar-refractivity contribution in [3.63, 3.8) is 0 Å². The van der Waals surface area contributed by atoms with E-state index >= 15 is 0 Å². The summed E-state index contributed by atoms with van der Waals surface area (Å²) in [6.07, 6.45) is 2.45. The maximum Gasteiger partial charge on any atom is 0.251 e. The zero-order chi connectivity index (χ0) is 11.8. The van der Waals surface area contributed by atoms with E-state index in [1.165, 1.54) is 12.8 Å². The Kier molecular flexibility index (Phi) is 3.06. The number of aryl methyl sites for hydroxylation is 1. The first-order valence-electron chi connectivity index (χ1n) is 5.55. The Morgan fingerprint density at radius 2 is 2.19 bits per heavy atom. The van der Waals surface area contributed by atoms with E-state index in [9.17, 15) is 4.79 Å². The molecule has 1 saturated carbocycles. The Morgan fingerprint density at radius 1 is 1.50 bits per heavy atom. The van der Waals surface area contributed by atoms with Crippen LogP contribution in [0.4, 0.5) is 0 Å². The summed E-state index contributed by atoms with van der Waals surface area (Å²) in [6, 6.07) is 5.70. The molecule has 16 heavy (non-hydrogen) atoms. The summed E-state index contributed by atoms with van der Waals surface area (Å²) in [6.45, 7) is 5.01. The van der Waals surface area contributed by atoms with Gasteiger partial charge in [0.15, 0.2) is 0 Å². The Balaban J connectivity index is 2.00. The molecule has 1 N–H and O–H groups in total. The summed E-state index contributed by atoms with van der Waals surface area (Å²) in [5, 5.41) is 2.99. The SMILES string of the molecule is Cc1ccc(C(=O)NCC2(C)CC2)cc1Br. The molecule has 0 aliphatic heterocycles.